The third kappa shape index (κ3) is 3.92. The van der Waals surface area contributed by atoms with Crippen LogP contribution in [0, 0.1) is 12.7 Å². The van der Waals surface area contributed by atoms with Crippen LogP contribution in [0.15, 0.2) is 30.3 Å². The second kappa shape index (κ2) is 6.54. The molecular formula is C16H19FN2O2. The number of nitrogens with two attached hydrogens (primary N) is 1. The molecule has 0 spiro atoms. The van der Waals surface area contributed by atoms with Crippen molar-refractivity contribution in [2.24, 2.45) is 5.73 Å². The summed E-state index contributed by atoms with van der Waals surface area (Å²) in [7, 11) is 1.60. The number of aryl methyl sites for hydroxylation is 1. The molecule has 0 amide bonds. The minimum Gasteiger partial charge on any atom is -0.497 e. The zero-order valence-electron chi connectivity index (χ0n) is 12.4. The number of ether oxygens (including phenoxy) is 2. The van der Waals surface area contributed by atoms with Gasteiger partial charge in [-0.2, -0.15) is 0 Å². The van der Waals surface area contributed by atoms with Gasteiger partial charge < -0.3 is 15.2 Å². The number of benzene rings is 1. The maximum absolute atomic E-state index is 13.3. The Morgan fingerprint density at radius 2 is 2.05 bits per heavy atom. The van der Waals surface area contributed by atoms with Gasteiger partial charge in [-0.3, -0.25) is 4.98 Å². The molecule has 0 aliphatic heterocycles. The Hall–Kier alpha value is -2.14. The van der Waals surface area contributed by atoms with Crippen molar-refractivity contribution in [3.05, 3.63) is 53.1 Å². The molecule has 0 saturated carbocycles. The number of halogens is 1. The van der Waals surface area contributed by atoms with Crippen LogP contribution in [0.25, 0.3) is 0 Å². The molecule has 0 radical (unpaired) electrons. The summed E-state index contributed by atoms with van der Waals surface area (Å²) < 4.78 is 24.2. The van der Waals surface area contributed by atoms with E-state index >= 15 is 0 Å². The summed E-state index contributed by atoms with van der Waals surface area (Å²) in [6.45, 7) is 3.94. The molecule has 0 saturated heterocycles. The Bertz CT molecular complexity index is 630. The highest BCUT2D eigenvalue weighted by Gasteiger charge is 2.10. The summed E-state index contributed by atoms with van der Waals surface area (Å²) in [5.41, 5.74) is 8.06. The van der Waals surface area contributed by atoms with Crippen LogP contribution in [-0.2, 0) is 6.61 Å². The van der Waals surface area contributed by atoms with Gasteiger partial charge in [0.25, 0.3) is 0 Å². The van der Waals surface area contributed by atoms with Crippen LogP contribution in [0.3, 0.4) is 0 Å². The monoisotopic (exact) mass is 290 g/mol. The predicted molar refractivity (Wildman–Crippen MR) is 78.9 cm³/mol. The summed E-state index contributed by atoms with van der Waals surface area (Å²) in [6.07, 6.45) is 0. The average molecular weight is 290 g/mol. The van der Waals surface area contributed by atoms with Gasteiger partial charge in [-0.1, -0.05) is 0 Å². The summed E-state index contributed by atoms with van der Waals surface area (Å²) >= 11 is 0. The van der Waals surface area contributed by atoms with Gasteiger partial charge in [0.15, 0.2) is 0 Å². The molecule has 2 aromatic rings. The van der Waals surface area contributed by atoms with Gasteiger partial charge in [-0.05, 0) is 32.0 Å². The number of hydrogen-bond acceptors (Lipinski definition) is 4. The van der Waals surface area contributed by atoms with Crippen molar-refractivity contribution < 1.29 is 13.9 Å². The number of rotatable bonds is 5. The average Bonchev–Trinajstić information content (AvgIpc) is 2.45. The van der Waals surface area contributed by atoms with Crippen LogP contribution in [0.4, 0.5) is 4.39 Å². The summed E-state index contributed by atoms with van der Waals surface area (Å²) in [5, 5.41) is 0. The highest BCUT2D eigenvalue weighted by molar-refractivity contribution is 5.36. The van der Waals surface area contributed by atoms with Crippen molar-refractivity contribution in [2.75, 3.05) is 7.11 Å². The lowest BCUT2D eigenvalue weighted by Crippen LogP contribution is -2.09. The second-order valence-electron chi connectivity index (χ2n) is 4.90. The Morgan fingerprint density at radius 1 is 1.29 bits per heavy atom. The van der Waals surface area contributed by atoms with Crippen LogP contribution in [0.1, 0.15) is 29.9 Å². The summed E-state index contributed by atoms with van der Waals surface area (Å²) in [6, 6.07) is 7.67. The first-order chi connectivity index (χ1) is 9.99. The molecule has 1 aromatic heterocycles. The molecule has 0 aliphatic rings. The second-order valence-corrected chi connectivity index (χ2v) is 4.90. The first-order valence-electron chi connectivity index (χ1n) is 6.69. The maximum atomic E-state index is 13.3. The van der Waals surface area contributed by atoms with Crippen molar-refractivity contribution in [1.29, 1.82) is 0 Å². The maximum Gasteiger partial charge on any atom is 0.130 e. The van der Waals surface area contributed by atoms with E-state index in [4.69, 9.17) is 15.2 Å². The number of aromatic nitrogens is 1. The quantitative estimate of drug-likeness (QED) is 0.919. The van der Waals surface area contributed by atoms with Crippen LogP contribution in [0.5, 0.6) is 11.5 Å². The van der Waals surface area contributed by atoms with E-state index < -0.39 is 0 Å². The lowest BCUT2D eigenvalue weighted by atomic mass is 10.1. The van der Waals surface area contributed by atoms with Gasteiger partial charge >= 0.3 is 0 Å². The fourth-order valence-corrected chi connectivity index (χ4v) is 2.05. The highest BCUT2D eigenvalue weighted by atomic mass is 19.1. The lowest BCUT2D eigenvalue weighted by molar-refractivity contribution is 0.294. The Labute approximate surface area is 123 Å². The fourth-order valence-electron chi connectivity index (χ4n) is 2.05. The van der Waals surface area contributed by atoms with E-state index in [2.05, 4.69) is 4.98 Å². The van der Waals surface area contributed by atoms with E-state index in [0.29, 0.717) is 11.3 Å². The minimum absolute atomic E-state index is 0.267. The molecule has 1 atom stereocenters. The number of pyridine rings is 1. The number of nitrogens with zero attached hydrogens (tertiary/aromatic N) is 1. The molecule has 0 fully saturated rings. The normalized spacial score (nSPS) is 12.0. The molecule has 1 unspecified atom stereocenters. The largest absolute Gasteiger partial charge is 0.497 e. The van der Waals surface area contributed by atoms with E-state index in [-0.39, 0.29) is 18.5 Å². The first kappa shape index (κ1) is 15.3. The summed E-state index contributed by atoms with van der Waals surface area (Å²) in [5.74, 6) is 0.964. The van der Waals surface area contributed by atoms with Gasteiger partial charge in [0.05, 0.1) is 12.8 Å². The van der Waals surface area contributed by atoms with Crippen molar-refractivity contribution in [2.45, 2.75) is 26.5 Å². The van der Waals surface area contributed by atoms with E-state index in [9.17, 15) is 4.39 Å². The standard InChI is InChI=1S/C16H19FN2O2/c1-10-6-14(20-3)8-13(19-10)9-21-16-5-4-12(17)7-15(16)11(2)18/h4-8,11H,9,18H2,1-3H3. The SMILES string of the molecule is COc1cc(C)nc(COc2ccc(F)cc2C(C)N)c1. The highest BCUT2D eigenvalue weighted by Crippen LogP contribution is 2.26. The van der Waals surface area contributed by atoms with Crippen LogP contribution in [0.2, 0.25) is 0 Å². The zero-order chi connectivity index (χ0) is 15.4. The van der Waals surface area contributed by atoms with Gasteiger partial charge in [0.1, 0.15) is 23.9 Å². The topological polar surface area (TPSA) is 57.4 Å². The third-order valence-corrected chi connectivity index (χ3v) is 3.05. The van der Waals surface area contributed by atoms with Crippen molar-refractivity contribution in [3.63, 3.8) is 0 Å². The fraction of sp³-hybridized carbons (Fsp3) is 0.312. The van der Waals surface area contributed by atoms with Gasteiger partial charge in [-0.15, -0.1) is 0 Å². The van der Waals surface area contributed by atoms with Crippen LogP contribution < -0.4 is 15.2 Å². The first-order valence-corrected chi connectivity index (χ1v) is 6.69. The molecule has 112 valence electrons. The molecular weight excluding hydrogens is 271 g/mol. The van der Waals surface area contributed by atoms with Gasteiger partial charge in [-0.25, -0.2) is 4.39 Å². The van der Waals surface area contributed by atoms with E-state index in [0.717, 1.165) is 17.1 Å². The Kier molecular flexibility index (Phi) is 4.75. The number of hydrogen-bond donors (Lipinski definition) is 1. The molecule has 21 heavy (non-hydrogen) atoms. The van der Waals surface area contributed by atoms with Crippen LogP contribution in [-0.4, -0.2) is 12.1 Å². The Morgan fingerprint density at radius 3 is 2.71 bits per heavy atom. The molecule has 0 bridgehead atoms. The molecule has 1 heterocycles. The lowest BCUT2D eigenvalue weighted by Gasteiger charge is -2.14. The van der Waals surface area contributed by atoms with Gasteiger partial charge in [0, 0.05) is 29.4 Å². The number of methoxy groups -OCH3 is 1. The van der Waals surface area contributed by atoms with Crippen molar-refractivity contribution >= 4 is 0 Å². The third-order valence-electron chi connectivity index (χ3n) is 3.05. The van der Waals surface area contributed by atoms with Crippen LogP contribution >= 0.6 is 0 Å². The van der Waals surface area contributed by atoms with E-state index in [1.807, 2.05) is 19.1 Å². The molecule has 5 heteroatoms. The predicted octanol–water partition coefficient (Wildman–Crippen LogP) is 3.14. The van der Waals surface area contributed by atoms with Crippen molar-refractivity contribution in [3.8, 4) is 11.5 Å². The van der Waals surface area contributed by atoms with E-state index in [1.54, 1.807) is 20.1 Å². The molecule has 4 nitrogen and oxygen atoms in total. The van der Waals surface area contributed by atoms with E-state index in [1.165, 1.54) is 12.1 Å². The molecule has 2 N–H and O–H groups in total. The van der Waals surface area contributed by atoms with Gasteiger partial charge in [0.2, 0.25) is 0 Å². The molecule has 2 rings (SSSR count). The smallest absolute Gasteiger partial charge is 0.130 e. The van der Waals surface area contributed by atoms with Crippen molar-refractivity contribution in [1.82, 2.24) is 4.98 Å². The zero-order valence-corrected chi connectivity index (χ0v) is 12.4. The summed E-state index contributed by atoms with van der Waals surface area (Å²) in [4.78, 5) is 4.38. The minimum atomic E-state index is -0.329. The Balaban J connectivity index is 2.18. The molecule has 1 aromatic carbocycles. The molecule has 0 aliphatic carbocycles.